The molecule has 0 N–H and O–H groups in total. The monoisotopic (exact) mass is 422 g/mol. The largest absolute Gasteiger partial charge is 0.493 e. The van der Waals surface area contributed by atoms with Crippen molar-refractivity contribution in [1.82, 2.24) is 9.88 Å². The highest BCUT2D eigenvalue weighted by Crippen LogP contribution is 2.47. The minimum atomic E-state index is -3.37. The predicted octanol–water partition coefficient (Wildman–Crippen LogP) is 2.99. The van der Waals surface area contributed by atoms with Crippen LogP contribution in [0.15, 0.2) is 47.0 Å². The molecule has 8 heteroatoms. The summed E-state index contributed by atoms with van der Waals surface area (Å²) in [5, 5.41) is 8.90. The number of hydrogen-bond donors (Lipinski definition) is 0. The third kappa shape index (κ3) is 3.33. The van der Waals surface area contributed by atoms with Gasteiger partial charge in [-0.2, -0.15) is 5.26 Å². The fraction of sp³-hybridized carbons (Fsp3) is 0.409. The highest BCUT2D eigenvalue weighted by atomic mass is 32.2. The van der Waals surface area contributed by atoms with Gasteiger partial charge in [0.2, 0.25) is 0 Å². The maximum Gasteiger partial charge on any atom is 0.256 e. The van der Waals surface area contributed by atoms with Gasteiger partial charge in [-0.1, -0.05) is 0 Å². The van der Waals surface area contributed by atoms with Crippen LogP contribution < -0.4 is 4.74 Å². The highest BCUT2D eigenvalue weighted by molar-refractivity contribution is 7.90. The number of aromatic nitrogens is 1. The van der Waals surface area contributed by atoms with Crippen LogP contribution in [-0.4, -0.2) is 49.1 Å². The molecular formula is C22H22N4O3S. The molecule has 0 atom stereocenters. The molecule has 1 saturated carbocycles. The molecule has 2 bridgehead atoms. The summed E-state index contributed by atoms with van der Waals surface area (Å²) in [6.45, 7) is 0.971. The number of hydrogen-bond acceptors (Lipinski definition) is 6. The van der Waals surface area contributed by atoms with Gasteiger partial charge in [0.15, 0.2) is 0 Å². The zero-order valence-electron chi connectivity index (χ0n) is 16.5. The van der Waals surface area contributed by atoms with E-state index in [1.54, 1.807) is 12.3 Å². The molecule has 7 nitrogen and oxygen atoms in total. The van der Waals surface area contributed by atoms with E-state index in [2.05, 4.69) is 20.4 Å². The lowest BCUT2D eigenvalue weighted by Crippen LogP contribution is -2.62. The Kier molecular flexibility index (Phi) is 4.51. The topological polar surface area (TPSA) is 95.7 Å². The minimum Gasteiger partial charge on any atom is -0.493 e. The first-order valence-corrected chi connectivity index (χ1v) is 11.8. The van der Waals surface area contributed by atoms with Gasteiger partial charge < -0.3 is 9.64 Å². The standard InChI is InChI=1S/C22H22N4O3S/c23-13-16-1-6-20(24-14-16)17-2-4-19(5-3-17)29-15-22-9-7-18(8-10-22)26-11-12-30(27,28)25-21(22)26/h1-6,14,18H,7-12,15H2. The third-order valence-corrected chi connectivity index (χ3v) is 7.62. The van der Waals surface area contributed by atoms with Crippen LogP contribution in [0.5, 0.6) is 5.75 Å². The zero-order valence-corrected chi connectivity index (χ0v) is 17.3. The van der Waals surface area contributed by atoms with Crippen molar-refractivity contribution in [1.29, 1.82) is 5.26 Å². The summed E-state index contributed by atoms with van der Waals surface area (Å²) in [7, 11) is -3.37. The van der Waals surface area contributed by atoms with Gasteiger partial charge in [-0.25, -0.2) is 8.42 Å². The van der Waals surface area contributed by atoms with Gasteiger partial charge in [0.05, 0.1) is 22.4 Å². The number of benzene rings is 1. The predicted molar refractivity (Wildman–Crippen MR) is 112 cm³/mol. The van der Waals surface area contributed by atoms with E-state index >= 15 is 0 Å². The summed E-state index contributed by atoms with van der Waals surface area (Å²) < 4.78 is 34.6. The first kappa shape index (κ1) is 19.1. The molecule has 154 valence electrons. The van der Waals surface area contributed by atoms with Crippen molar-refractivity contribution >= 4 is 15.9 Å². The third-order valence-electron chi connectivity index (χ3n) is 6.47. The van der Waals surface area contributed by atoms with E-state index in [0.717, 1.165) is 48.5 Å². The molecule has 3 fully saturated rings. The molecule has 1 aromatic carbocycles. The molecule has 1 aromatic heterocycles. The van der Waals surface area contributed by atoms with Crippen LogP contribution >= 0.6 is 0 Å². The summed E-state index contributed by atoms with van der Waals surface area (Å²) in [5.41, 5.74) is 1.94. The zero-order chi connectivity index (χ0) is 20.8. The number of pyridine rings is 1. The first-order valence-electron chi connectivity index (χ1n) is 10.2. The Hall–Kier alpha value is -2.92. The first-order chi connectivity index (χ1) is 14.5. The Labute approximate surface area is 176 Å². The molecule has 6 rings (SSSR count). The van der Waals surface area contributed by atoms with E-state index < -0.39 is 10.0 Å². The second-order valence-corrected chi connectivity index (χ2v) is 10.0. The molecule has 2 saturated heterocycles. The Bertz CT molecular complexity index is 1130. The quantitative estimate of drug-likeness (QED) is 0.752. The number of rotatable bonds is 4. The minimum absolute atomic E-state index is 0.106. The maximum absolute atomic E-state index is 12.1. The van der Waals surface area contributed by atoms with Gasteiger partial charge in [0.25, 0.3) is 10.0 Å². The SMILES string of the molecule is N#Cc1ccc(-c2ccc(OCC34CCC(CC3)N3CCS(=O)(=O)N=C34)cc2)nc1. The molecule has 0 unspecified atom stereocenters. The number of nitrogens with zero attached hydrogens (tertiary/aromatic N) is 4. The summed E-state index contributed by atoms with van der Waals surface area (Å²) in [6.07, 6.45) is 5.51. The van der Waals surface area contributed by atoms with Gasteiger partial charge >= 0.3 is 0 Å². The molecule has 30 heavy (non-hydrogen) atoms. The molecule has 4 aliphatic rings. The molecule has 0 radical (unpaired) electrons. The number of fused-ring (bicyclic) bond motifs is 2. The summed E-state index contributed by atoms with van der Waals surface area (Å²) in [5.74, 6) is 1.56. The number of sulfonamides is 1. The van der Waals surface area contributed by atoms with E-state index in [9.17, 15) is 8.42 Å². The van der Waals surface area contributed by atoms with Crippen molar-refractivity contribution in [2.75, 3.05) is 18.9 Å². The number of ether oxygens (including phenoxy) is 1. The van der Waals surface area contributed by atoms with Crippen LogP contribution in [0.2, 0.25) is 0 Å². The fourth-order valence-electron chi connectivity index (χ4n) is 4.78. The van der Waals surface area contributed by atoms with Crippen LogP contribution in [-0.2, 0) is 10.0 Å². The summed E-state index contributed by atoms with van der Waals surface area (Å²) >= 11 is 0. The maximum atomic E-state index is 12.1. The van der Waals surface area contributed by atoms with E-state index in [-0.39, 0.29) is 11.2 Å². The Balaban J connectivity index is 1.34. The smallest absolute Gasteiger partial charge is 0.256 e. The van der Waals surface area contributed by atoms with Crippen LogP contribution in [0, 0.1) is 16.7 Å². The van der Waals surface area contributed by atoms with E-state index in [0.29, 0.717) is 24.8 Å². The normalized spacial score (nSPS) is 26.4. The average molecular weight is 423 g/mol. The van der Waals surface area contributed by atoms with Crippen LogP contribution in [0.4, 0.5) is 0 Å². The number of amidine groups is 1. The van der Waals surface area contributed by atoms with E-state index in [1.807, 2.05) is 30.3 Å². The molecule has 2 aromatic rings. The number of piperidine rings is 2. The highest BCUT2D eigenvalue weighted by Gasteiger charge is 2.52. The van der Waals surface area contributed by atoms with Crippen molar-refractivity contribution < 1.29 is 13.2 Å². The van der Waals surface area contributed by atoms with Gasteiger partial charge in [0.1, 0.15) is 24.3 Å². The van der Waals surface area contributed by atoms with Crippen LogP contribution in [0.25, 0.3) is 11.3 Å². The van der Waals surface area contributed by atoms with E-state index in [4.69, 9.17) is 10.00 Å². The van der Waals surface area contributed by atoms with E-state index in [1.165, 1.54) is 0 Å². The van der Waals surface area contributed by atoms with Gasteiger partial charge in [0, 0.05) is 24.3 Å². The number of nitriles is 1. The molecule has 4 heterocycles. The Morgan fingerprint density at radius 2 is 1.93 bits per heavy atom. The average Bonchev–Trinajstić information content (AvgIpc) is 2.78. The van der Waals surface area contributed by atoms with Gasteiger partial charge in [-0.3, -0.25) is 4.98 Å². The molecule has 1 aliphatic carbocycles. The van der Waals surface area contributed by atoms with Crippen molar-refractivity contribution in [3.63, 3.8) is 0 Å². The van der Waals surface area contributed by atoms with Crippen molar-refractivity contribution in [2.45, 2.75) is 31.7 Å². The lowest BCUT2D eigenvalue weighted by molar-refractivity contribution is 0.0657. The van der Waals surface area contributed by atoms with Crippen molar-refractivity contribution in [2.24, 2.45) is 9.81 Å². The molecule has 0 spiro atoms. The molecule has 0 amide bonds. The summed E-state index contributed by atoms with van der Waals surface area (Å²) in [6, 6.07) is 13.7. The molecule has 3 aliphatic heterocycles. The summed E-state index contributed by atoms with van der Waals surface area (Å²) in [4.78, 5) is 6.52. The lowest BCUT2D eigenvalue weighted by atomic mass is 9.67. The van der Waals surface area contributed by atoms with Crippen molar-refractivity contribution in [3.8, 4) is 23.1 Å². The fourth-order valence-corrected chi connectivity index (χ4v) is 5.86. The van der Waals surface area contributed by atoms with Gasteiger partial charge in [-0.05, 0) is 62.1 Å². The lowest BCUT2D eigenvalue weighted by Gasteiger charge is -2.54. The molecular weight excluding hydrogens is 400 g/mol. The van der Waals surface area contributed by atoms with Gasteiger partial charge in [-0.15, -0.1) is 4.40 Å². The Morgan fingerprint density at radius 1 is 1.17 bits per heavy atom. The second-order valence-electron chi connectivity index (χ2n) is 8.26. The van der Waals surface area contributed by atoms with Crippen molar-refractivity contribution in [3.05, 3.63) is 48.2 Å². The van der Waals surface area contributed by atoms with Crippen LogP contribution in [0.3, 0.4) is 0 Å². The van der Waals surface area contributed by atoms with Crippen LogP contribution in [0.1, 0.15) is 31.2 Å². The second kappa shape index (κ2) is 7.10. The Morgan fingerprint density at radius 3 is 2.60 bits per heavy atom.